The number of nitrogens with zero attached hydrogens (tertiary/aromatic N) is 1. The van der Waals surface area contributed by atoms with E-state index in [4.69, 9.17) is 33.5 Å². The van der Waals surface area contributed by atoms with E-state index in [1.54, 1.807) is 126 Å². The number of esters is 4. The van der Waals surface area contributed by atoms with Crippen LogP contribution in [0, 0.1) is 33.5 Å². The summed E-state index contributed by atoms with van der Waals surface area (Å²) in [6, 6.07) is 12.6. The van der Waals surface area contributed by atoms with Crippen molar-refractivity contribution in [3.8, 4) is 17.7 Å². The van der Waals surface area contributed by atoms with Gasteiger partial charge in [0.15, 0.2) is 12.2 Å². The third kappa shape index (κ3) is 12.4. The van der Waals surface area contributed by atoms with Crippen molar-refractivity contribution >= 4 is 46.8 Å². The number of carbonyl (C=O) groups is 5. The van der Waals surface area contributed by atoms with Crippen molar-refractivity contribution < 1.29 is 57.5 Å². The molecule has 1 aliphatic heterocycles. The SMILES string of the molecule is CC(C)(C)C(=O)OC[C@H]1O[C@@H](Oc2n[nH]c3cccc(C#Cc4ccc(/C=C/CC(=O)O)cc4)c23)[C@H](OC(=O)C(C)(C)C)[C@@H](OC(=O)C(C)(C)C)[C@@H]1OC(=O)C(C)(C)C. The summed E-state index contributed by atoms with van der Waals surface area (Å²) in [5.74, 6) is 2.72. The lowest BCUT2D eigenvalue weighted by molar-refractivity contribution is -0.294. The molecule has 0 radical (unpaired) electrons. The summed E-state index contributed by atoms with van der Waals surface area (Å²) in [7, 11) is 0. The number of aromatic nitrogens is 2. The number of nitrogens with one attached hydrogen (secondary N) is 1. The highest BCUT2D eigenvalue weighted by Crippen LogP contribution is 2.36. The molecule has 1 aliphatic rings. The van der Waals surface area contributed by atoms with Crippen molar-refractivity contribution in [3.63, 3.8) is 0 Å². The first kappa shape index (κ1) is 46.0. The molecule has 59 heavy (non-hydrogen) atoms. The Labute approximate surface area is 345 Å². The molecule has 0 bridgehead atoms. The highest BCUT2D eigenvalue weighted by molar-refractivity contribution is 5.90. The van der Waals surface area contributed by atoms with Crippen molar-refractivity contribution in [1.82, 2.24) is 10.2 Å². The predicted molar refractivity (Wildman–Crippen MR) is 218 cm³/mol. The number of rotatable bonds is 10. The minimum Gasteiger partial charge on any atom is -0.481 e. The molecule has 318 valence electrons. The maximum Gasteiger partial charge on any atom is 0.311 e. The number of carboxylic acids is 1. The van der Waals surface area contributed by atoms with E-state index in [1.165, 1.54) is 0 Å². The van der Waals surface area contributed by atoms with Crippen LogP contribution in [0.3, 0.4) is 0 Å². The van der Waals surface area contributed by atoms with Crippen LogP contribution in [0.25, 0.3) is 17.0 Å². The Morgan fingerprint density at radius 2 is 1.27 bits per heavy atom. The summed E-state index contributed by atoms with van der Waals surface area (Å²) in [6.45, 7) is 19.4. The Morgan fingerprint density at radius 1 is 0.729 bits per heavy atom. The Balaban J connectivity index is 1.84. The van der Waals surface area contributed by atoms with Crippen molar-refractivity contribution in [2.45, 2.75) is 120 Å². The van der Waals surface area contributed by atoms with Gasteiger partial charge < -0.3 is 33.5 Å². The van der Waals surface area contributed by atoms with Gasteiger partial charge in [-0.1, -0.05) is 42.2 Å². The summed E-state index contributed by atoms with van der Waals surface area (Å²) in [5, 5.41) is 16.7. The number of carbonyl (C=O) groups excluding carboxylic acids is 4. The second kappa shape index (κ2) is 18.1. The molecular formula is C45H56N2O12. The normalized spacial score (nSPS) is 20.0. The van der Waals surface area contributed by atoms with Crippen LogP contribution >= 0.6 is 0 Å². The monoisotopic (exact) mass is 816 g/mol. The smallest absolute Gasteiger partial charge is 0.311 e. The lowest BCUT2D eigenvalue weighted by Gasteiger charge is -2.45. The molecule has 0 spiro atoms. The van der Waals surface area contributed by atoms with Crippen LogP contribution in [0.5, 0.6) is 5.88 Å². The molecule has 0 saturated carbocycles. The van der Waals surface area contributed by atoms with Crippen LogP contribution in [-0.4, -0.2) is 82.5 Å². The standard InChI is InChI=1S/C45H56N2O12/c1-42(2,3)38(50)54-25-30-33(56-39(51)43(4,5)6)34(57-40(52)44(7,8)9)35(58-41(53)45(10,11)12)37(55-30)59-36-32-28(16-14-17-29(32)46-47-36)24-23-27-21-19-26(20-22-27)15-13-18-31(48)49/h13-17,19-22,30,33-35,37H,18,25H2,1-12H3,(H,46,47)(H,48,49)/b15-13+/t30-,33-,34+,35-,37+/m1/s1. The van der Waals surface area contributed by atoms with Crippen LogP contribution in [0.15, 0.2) is 48.5 Å². The largest absolute Gasteiger partial charge is 0.481 e. The van der Waals surface area contributed by atoms with Crippen molar-refractivity contribution in [3.05, 3.63) is 65.2 Å². The minimum atomic E-state index is -1.56. The summed E-state index contributed by atoms with van der Waals surface area (Å²) in [4.78, 5) is 64.8. The third-order valence-electron chi connectivity index (χ3n) is 8.79. The van der Waals surface area contributed by atoms with E-state index >= 15 is 0 Å². The zero-order valence-corrected chi connectivity index (χ0v) is 35.9. The molecule has 1 aromatic heterocycles. The molecule has 14 nitrogen and oxygen atoms in total. The van der Waals surface area contributed by atoms with E-state index in [-0.39, 0.29) is 12.3 Å². The van der Waals surface area contributed by atoms with Gasteiger partial charge in [0.1, 0.15) is 12.7 Å². The van der Waals surface area contributed by atoms with Crippen LogP contribution in [-0.2, 0) is 47.7 Å². The highest BCUT2D eigenvalue weighted by atomic mass is 16.7. The van der Waals surface area contributed by atoms with Crippen molar-refractivity contribution in [2.75, 3.05) is 6.61 Å². The molecule has 0 aliphatic carbocycles. The molecule has 0 unspecified atom stereocenters. The van der Waals surface area contributed by atoms with Gasteiger partial charge in [0.2, 0.25) is 18.3 Å². The molecule has 5 atom stereocenters. The number of H-pyrrole nitrogens is 1. The van der Waals surface area contributed by atoms with Crippen LogP contribution < -0.4 is 4.74 Å². The van der Waals surface area contributed by atoms with Crippen molar-refractivity contribution in [2.24, 2.45) is 21.7 Å². The van der Waals surface area contributed by atoms with Gasteiger partial charge in [-0.15, -0.1) is 5.10 Å². The Bertz CT molecular complexity index is 2110. The minimum absolute atomic E-state index is 0.00194. The maximum absolute atomic E-state index is 13.7. The van der Waals surface area contributed by atoms with E-state index in [0.717, 1.165) is 5.56 Å². The summed E-state index contributed by atoms with van der Waals surface area (Å²) >= 11 is 0. The fraction of sp³-hybridized carbons (Fsp3) is 0.511. The van der Waals surface area contributed by atoms with Gasteiger partial charge in [-0.3, -0.25) is 29.1 Å². The quantitative estimate of drug-likeness (QED) is 0.121. The average Bonchev–Trinajstić information content (AvgIpc) is 3.53. The fourth-order valence-corrected chi connectivity index (χ4v) is 5.24. The molecule has 4 rings (SSSR count). The van der Waals surface area contributed by atoms with Crippen LogP contribution in [0.2, 0.25) is 0 Å². The summed E-state index contributed by atoms with van der Waals surface area (Å²) in [6.07, 6.45) is -4.14. The zero-order chi connectivity index (χ0) is 44.1. The molecule has 2 aromatic carbocycles. The molecule has 2 N–H and O–H groups in total. The molecule has 3 aromatic rings. The number of carboxylic acid groups (broad SMARTS) is 1. The van der Waals surface area contributed by atoms with Crippen LogP contribution in [0.1, 0.15) is 106 Å². The first-order chi connectivity index (χ1) is 27.3. The van der Waals surface area contributed by atoms with Crippen molar-refractivity contribution in [1.29, 1.82) is 0 Å². The Kier molecular flexibility index (Phi) is 14.1. The van der Waals surface area contributed by atoms with Gasteiger partial charge in [-0.25, -0.2) is 0 Å². The Morgan fingerprint density at radius 3 is 1.81 bits per heavy atom. The number of benzene rings is 2. The second-order valence-corrected chi connectivity index (χ2v) is 18.5. The first-order valence-electron chi connectivity index (χ1n) is 19.4. The summed E-state index contributed by atoms with van der Waals surface area (Å²) < 4.78 is 36.9. The highest BCUT2D eigenvalue weighted by Gasteiger charge is 2.56. The molecule has 1 saturated heterocycles. The van der Waals surface area contributed by atoms with Gasteiger partial charge in [-0.2, -0.15) is 0 Å². The molecule has 0 amide bonds. The van der Waals surface area contributed by atoms with E-state index in [0.29, 0.717) is 22.0 Å². The van der Waals surface area contributed by atoms with Gasteiger partial charge in [0, 0.05) is 11.1 Å². The van der Waals surface area contributed by atoms with E-state index in [2.05, 4.69) is 22.0 Å². The number of fused-ring (bicyclic) bond motifs is 1. The number of hydrogen-bond acceptors (Lipinski definition) is 12. The van der Waals surface area contributed by atoms with E-state index in [9.17, 15) is 24.0 Å². The first-order valence-corrected chi connectivity index (χ1v) is 19.4. The maximum atomic E-state index is 13.7. The van der Waals surface area contributed by atoms with Gasteiger partial charge >= 0.3 is 29.8 Å². The van der Waals surface area contributed by atoms with Gasteiger partial charge in [0.25, 0.3) is 0 Å². The fourth-order valence-electron chi connectivity index (χ4n) is 5.24. The predicted octanol–water partition coefficient (Wildman–Crippen LogP) is 7.02. The van der Waals surface area contributed by atoms with Gasteiger partial charge in [0.05, 0.1) is 39.0 Å². The molecule has 1 fully saturated rings. The number of hydrogen-bond donors (Lipinski definition) is 2. The number of ether oxygens (including phenoxy) is 6. The lowest BCUT2D eigenvalue weighted by Crippen LogP contribution is -2.65. The number of aliphatic carboxylic acids is 1. The second-order valence-electron chi connectivity index (χ2n) is 18.5. The van der Waals surface area contributed by atoms with E-state index < -0.39 is 88.8 Å². The van der Waals surface area contributed by atoms with E-state index in [1.807, 2.05) is 12.1 Å². The topological polar surface area (TPSA) is 190 Å². The molecule has 14 heteroatoms. The molecule has 2 heterocycles. The molecular weight excluding hydrogens is 760 g/mol. The summed E-state index contributed by atoms with van der Waals surface area (Å²) in [5.41, 5.74) is -1.47. The third-order valence-corrected chi connectivity index (χ3v) is 8.79. The van der Waals surface area contributed by atoms with Crippen LogP contribution in [0.4, 0.5) is 0 Å². The lowest BCUT2D eigenvalue weighted by atomic mass is 9.93. The van der Waals surface area contributed by atoms with Gasteiger partial charge in [-0.05, 0) is 113 Å². The average molecular weight is 817 g/mol. The Hall–Kier alpha value is -5.68. The number of aromatic amines is 1. The zero-order valence-electron chi connectivity index (χ0n) is 35.9.